The fourth-order valence-electron chi connectivity index (χ4n) is 7.83. The molecule has 6 aromatic carbocycles. The lowest BCUT2D eigenvalue weighted by molar-refractivity contribution is 0.477. The molecule has 296 valence electrons. The molecule has 59 heavy (non-hydrogen) atoms. The first-order valence-corrected chi connectivity index (χ1v) is 20.5. The monoisotopic (exact) mass is 776 g/mol. The predicted molar refractivity (Wildman–Crippen MR) is 249 cm³/mol. The van der Waals surface area contributed by atoms with Gasteiger partial charge in [-0.05, 0) is 117 Å². The second kappa shape index (κ2) is 14.8. The van der Waals surface area contributed by atoms with E-state index in [4.69, 9.17) is 14.1 Å². The van der Waals surface area contributed by atoms with Crippen LogP contribution in [0.15, 0.2) is 146 Å². The van der Waals surface area contributed by atoms with E-state index in [9.17, 15) is 5.11 Å². The summed E-state index contributed by atoms with van der Waals surface area (Å²) in [6.45, 7) is 17.6. The van der Waals surface area contributed by atoms with Crippen molar-refractivity contribution in [1.82, 2.24) is 14.5 Å². The third kappa shape index (κ3) is 7.84. The van der Waals surface area contributed by atoms with Gasteiger partial charge < -0.3 is 5.11 Å². The molecule has 0 aliphatic carbocycles. The number of para-hydroxylation sites is 2. The Morgan fingerprint density at radius 3 is 1.78 bits per heavy atom. The number of pyridine rings is 1. The van der Waals surface area contributed by atoms with Gasteiger partial charge in [0.15, 0.2) is 0 Å². The maximum Gasteiger partial charge on any atom is 0.149 e. The van der Waals surface area contributed by atoms with Gasteiger partial charge in [0, 0.05) is 27.0 Å². The minimum absolute atomic E-state index is 0.0573. The van der Waals surface area contributed by atoms with Crippen molar-refractivity contribution in [3.05, 3.63) is 168 Å². The smallest absolute Gasteiger partial charge is 0.149 e. The fraction of sp³-hybridized carbons (Fsp3) is 0.236. The summed E-state index contributed by atoms with van der Waals surface area (Å²) in [5.74, 6) is 0.635. The standard InChI is InChI=1S/C55H55N3O/c1-35-18-27-48(46(30-35)37-21-25-42(26-22-37)54(5,6)7)58-49-16-13-15-44(51(49)57-52(58)45-14-11-12-17-50(45)59)39-31-40(33-43(32-39)55(8,9)10)47-34-38(28-29-56-47)36-19-23-41(24-20-36)53(2,3)4/h11-34,59H,1-10H3/i1D3. The highest BCUT2D eigenvalue weighted by atomic mass is 16.3. The highest BCUT2D eigenvalue weighted by molar-refractivity contribution is 5.97. The van der Waals surface area contributed by atoms with Gasteiger partial charge in [0.2, 0.25) is 0 Å². The molecule has 0 bridgehead atoms. The second-order valence-corrected chi connectivity index (χ2v) is 18.8. The van der Waals surface area contributed by atoms with Crippen LogP contribution in [0.3, 0.4) is 0 Å². The van der Waals surface area contributed by atoms with Gasteiger partial charge in [0.1, 0.15) is 11.6 Å². The van der Waals surface area contributed by atoms with Crippen LogP contribution >= 0.6 is 0 Å². The molecule has 4 heteroatoms. The molecule has 8 rings (SSSR count). The number of hydrogen-bond donors (Lipinski definition) is 1. The molecule has 4 nitrogen and oxygen atoms in total. The molecule has 0 saturated carbocycles. The minimum Gasteiger partial charge on any atom is -0.507 e. The van der Waals surface area contributed by atoms with Crippen molar-refractivity contribution < 1.29 is 9.22 Å². The molecule has 8 aromatic rings. The van der Waals surface area contributed by atoms with E-state index in [2.05, 4.69) is 152 Å². The van der Waals surface area contributed by atoms with Crippen molar-refractivity contribution >= 4 is 11.0 Å². The Hall–Kier alpha value is -6.26. The number of aromatic hydroxyl groups is 1. The van der Waals surface area contributed by atoms with E-state index in [0.717, 1.165) is 66.9 Å². The fourth-order valence-corrected chi connectivity index (χ4v) is 7.83. The van der Waals surface area contributed by atoms with Crippen LogP contribution in [0, 0.1) is 6.85 Å². The molecular formula is C55H55N3O. The molecule has 0 atom stereocenters. The van der Waals surface area contributed by atoms with Crippen LogP contribution in [0.1, 0.15) is 88.7 Å². The quantitative estimate of drug-likeness (QED) is 0.183. The van der Waals surface area contributed by atoms with Crippen molar-refractivity contribution in [2.24, 2.45) is 0 Å². The average Bonchev–Trinajstić information content (AvgIpc) is 3.62. The molecule has 0 spiro atoms. The Morgan fingerprint density at radius 1 is 0.508 bits per heavy atom. The number of phenolic OH excluding ortho intramolecular Hbond substituents is 1. The summed E-state index contributed by atoms with van der Waals surface area (Å²) < 4.78 is 27.1. The Labute approximate surface area is 354 Å². The largest absolute Gasteiger partial charge is 0.507 e. The SMILES string of the molecule is [2H]C([2H])([2H])c1ccc(-n2c(-c3ccccc3O)nc3c(-c4cc(-c5cc(-c6ccc(C(C)(C)C)cc6)ccn5)cc(C(C)(C)C)c4)cccc32)c(-c2ccc(C(C)(C)C)cc2)c1. The summed E-state index contributed by atoms with van der Waals surface area (Å²) in [7, 11) is 0. The Morgan fingerprint density at radius 2 is 1.14 bits per heavy atom. The number of rotatable bonds is 6. The van der Waals surface area contributed by atoms with Gasteiger partial charge in [-0.15, -0.1) is 0 Å². The van der Waals surface area contributed by atoms with Crippen LogP contribution < -0.4 is 0 Å². The van der Waals surface area contributed by atoms with Crippen molar-refractivity contribution in [2.75, 3.05) is 0 Å². The van der Waals surface area contributed by atoms with Crippen molar-refractivity contribution in [3.8, 4) is 67.5 Å². The van der Waals surface area contributed by atoms with Gasteiger partial charge in [0.05, 0.1) is 28.0 Å². The Balaban J connectivity index is 1.35. The molecule has 0 amide bonds. The van der Waals surface area contributed by atoms with E-state index >= 15 is 0 Å². The molecule has 0 aliphatic heterocycles. The van der Waals surface area contributed by atoms with E-state index in [1.165, 1.54) is 11.1 Å². The van der Waals surface area contributed by atoms with Gasteiger partial charge in [-0.25, -0.2) is 4.98 Å². The summed E-state index contributed by atoms with van der Waals surface area (Å²) in [5.41, 5.74) is 14.2. The topological polar surface area (TPSA) is 50.9 Å². The molecule has 0 unspecified atom stereocenters. The number of aryl methyl sites for hydroxylation is 1. The van der Waals surface area contributed by atoms with Crippen molar-refractivity contribution in [2.45, 2.75) is 85.4 Å². The molecule has 0 fully saturated rings. The molecular weight excluding hydrogens is 719 g/mol. The molecule has 0 aliphatic rings. The average molecular weight is 777 g/mol. The number of imidazole rings is 1. The van der Waals surface area contributed by atoms with E-state index in [1.807, 2.05) is 36.5 Å². The highest BCUT2D eigenvalue weighted by Crippen LogP contribution is 2.42. The lowest BCUT2D eigenvalue weighted by atomic mass is 9.83. The number of aromatic nitrogens is 3. The number of hydrogen-bond acceptors (Lipinski definition) is 3. The van der Waals surface area contributed by atoms with Crippen LogP contribution in [-0.4, -0.2) is 19.6 Å². The van der Waals surface area contributed by atoms with Crippen LogP contribution in [0.5, 0.6) is 5.75 Å². The first-order chi connectivity index (χ1) is 29.2. The zero-order chi connectivity index (χ0) is 44.4. The van der Waals surface area contributed by atoms with E-state index in [-0.39, 0.29) is 27.6 Å². The molecule has 0 saturated heterocycles. The summed E-state index contributed by atoms with van der Waals surface area (Å²) in [6, 6.07) is 46.8. The Kier molecular flexibility index (Phi) is 9.02. The van der Waals surface area contributed by atoms with Crippen molar-refractivity contribution in [1.29, 1.82) is 0 Å². The number of fused-ring (bicyclic) bond motifs is 1. The molecule has 1 N–H and O–H groups in total. The van der Waals surface area contributed by atoms with Crippen molar-refractivity contribution in [3.63, 3.8) is 0 Å². The lowest BCUT2D eigenvalue weighted by Gasteiger charge is -2.22. The first kappa shape index (κ1) is 35.9. The third-order valence-electron chi connectivity index (χ3n) is 11.4. The van der Waals surface area contributed by atoms with Gasteiger partial charge in [0.25, 0.3) is 0 Å². The lowest BCUT2D eigenvalue weighted by Crippen LogP contribution is -2.11. The van der Waals surface area contributed by atoms with Gasteiger partial charge in [-0.1, -0.05) is 153 Å². The van der Waals surface area contributed by atoms with Crippen LogP contribution in [0.25, 0.3) is 72.7 Å². The van der Waals surface area contributed by atoms with Crippen LogP contribution in [-0.2, 0) is 16.2 Å². The maximum absolute atomic E-state index is 11.4. The highest BCUT2D eigenvalue weighted by Gasteiger charge is 2.24. The minimum atomic E-state index is -2.32. The number of benzene rings is 6. The number of nitrogens with zero attached hydrogens (tertiary/aromatic N) is 3. The van der Waals surface area contributed by atoms with Crippen LogP contribution in [0.2, 0.25) is 0 Å². The predicted octanol–water partition coefficient (Wildman–Crippen LogP) is 14.7. The molecule has 2 heterocycles. The molecule has 0 radical (unpaired) electrons. The van der Waals surface area contributed by atoms with Gasteiger partial charge in [-0.2, -0.15) is 0 Å². The second-order valence-electron chi connectivity index (χ2n) is 18.8. The van der Waals surface area contributed by atoms with Crippen LogP contribution in [0.4, 0.5) is 0 Å². The maximum atomic E-state index is 11.4. The Bertz CT molecular complexity index is 2940. The zero-order valence-corrected chi connectivity index (χ0v) is 35.6. The summed E-state index contributed by atoms with van der Waals surface area (Å²) >= 11 is 0. The summed E-state index contributed by atoms with van der Waals surface area (Å²) in [6.07, 6.45) is 1.89. The summed E-state index contributed by atoms with van der Waals surface area (Å²) in [5, 5.41) is 11.4. The van der Waals surface area contributed by atoms with Gasteiger partial charge in [-0.3, -0.25) is 9.55 Å². The first-order valence-electron chi connectivity index (χ1n) is 22.0. The third-order valence-corrected chi connectivity index (χ3v) is 11.4. The normalized spacial score (nSPS) is 13.3. The molecule has 2 aromatic heterocycles. The van der Waals surface area contributed by atoms with E-state index in [0.29, 0.717) is 11.4 Å². The number of phenols is 1. The van der Waals surface area contributed by atoms with Gasteiger partial charge >= 0.3 is 0 Å². The van der Waals surface area contributed by atoms with E-state index in [1.54, 1.807) is 24.3 Å². The zero-order valence-electron chi connectivity index (χ0n) is 38.6. The van der Waals surface area contributed by atoms with E-state index < -0.39 is 6.85 Å². The summed E-state index contributed by atoms with van der Waals surface area (Å²) in [4.78, 5) is 10.3.